The Morgan fingerprint density at radius 3 is 3.00 bits per heavy atom. The van der Waals surface area contributed by atoms with Crippen molar-refractivity contribution in [2.24, 2.45) is 0 Å². The van der Waals surface area contributed by atoms with Gasteiger partial charge in [0.1, 0.15) is 16.4 Å². The summed E-state index contributed by atoms with van der Waals surface area (Å²) < 4.78 is 11.2. The molecule has 0 N–H and O–H groups in total. The molecule has 3 nitrogen and oxygen atoms in total. The molecular weight excluding hydrogens is 285 g/mol. The van der Waals surface area contributed by atoms with Crippen molar-refractivity contribution in [2.75, 3.05) is 0 Å². The standard InChI is InChI=1S/C14H11Cl2NO2/c15-10-8-9-4-3-5-11(13(9)17-14(10)16)19-12-6-1-2-7-18-12/h2-5,7-8,12H,1,6H2. The Kier molecular flexibility index (Phi) is 3.49. The predicted molar refractivity (Wildman–Crippen MR) is 75.6 cm³/mol. The zero-order valence-corrected chi connectivity index (χ0v) is 11.5. The fourth-order valence-corrected chi connectivity index (χ4v) is 2.26. The molecule has 2 aromatic rings. The van der Waals surface area contributed by atoms with Crippen LogP contribution in [0.2, 0.25) is 10.2 Å². The quantitative estimate of drug-likeness (QED) is 0.761. The number of halogens is 2. The minimum absolute atomic E-state index is 0.273. The molecule has 1 aromatic heterocycles. The predicted octanol–water partition coefficient (Wildman–Crippen LogP) is 4.57. The second-order valence-corrected chi connectivity index (χ2v) is 4.99. The molecule has 0 bridgehead atoms. The number of rotatable bonds is 2. The number of aromatic nitrogens is 1. The van der Waals surface area contributed by atoms with E-state index in [4.69, 9.17) is 32.7 Å². The van der Waals surface area contributed by atoms with Gasteiger partial charge in [-0.2, -0.15) is 0 Å². The second-order valence-electron chi connectivity index (χ2n) is 4.22. The van der Waals surface area contributed by atoms with Crippen molar-refractivity contribution in [2.45, 2.75) is 19.1 Å². The van der Waals surface area contributed by atoms with Gasteiger partial charge < -0.3 is 9.47 Å². The van der Waals surface area contributed by atoms with Crippen LogP contribution in [-0.2, 0) is 4.74 Å². The number of allylic oxidation sites excluding steroid dienone is 1. The van der Waals surface area contributed by atoms with E-state index in [1.54, 1.807) is 12.3 Å². The Morgan fingerprint density at radius 1 is 1.32 bits per heavy atom. The molecule has 0 aliphatic carbocycles. The Morgan fingerprint density at radius 2 is 2.21 bits per heavy atom. The lowest BCUT2D eigenvalue weighted by molar-refractivity contribution is -0.0406. The molecular formula is C14H11Cl2NO2. The summed E-state index contributed by atoms with van der Waals surface area (Å²) in [6, 6.07) is 7.43. The summed E-state index contributed by atoms with van der Waals surface area (Å²) >= 11 is 11.9. The van der Waals surface area contributed by atoms with E-state index in [1.807, 2.05) is 24.3 Å². The highest BCUT2D eigenvalue weighted by atomic mass is 35.5. The molecule has 98 valence electrons. The van der Waals surface area contributed by atoms with Gasteiger partial charge in [-0.15, -0.1) is 0 Å². The van der Waals surface area contributed by atoms with Crippen LogP contribution in [0.25, 0.3) is 10.9 Å². The number of ether oxygens (including phenoxy) is 2. The number of fused-ring (bicyclic) bond motifs is 1. The Balaban J connectivity index is 1.98. The van der Waals surface area contributed by atoms with Crippen LogP contribution in [0.15, 0.2) is 36.6 Å². The lowest BCUT2D eigenvalue weighted by atomic mass is 10.2. The highest BCUT2D eigenvalue weighted by Gasteiger charge is 2.15. The van der Waals surface area contributed by atoms with Crippen molar-refractivity contribution in [3.63, 3.8) is 0 Å². The molecule has 2 heterocycles. The van der Waals surface area contributed by atoms with Crippen LogP contribution < -0.4 is 4.74 Å². The number of hydrogen-bond acceptors (Lipinski definition) is 3. The van der Waals surface area contributed by atoms with E-state index < -0.39 is 0 Å². The highest BCUT2D eigenvalue weighted by molar-refractivity contribution is 6.41. The van der Waals surface area contributed by atoms with E-state index in [0.717, 1.165) is 18.2 Å². The molecule has 1 aliphatic rings. The monoisotopic (exact) mass is 295 g/mol. The van der Waals surface area contributed by atoms with E-state index in [1.165, 1.54) is 0 Å². The lowest BCUT2D eigenvalue weighted by Crippen LogP contribution is -2.20. The highest BCUT2D eigenvalue weighted by Crippen LogP contribution is 2.31. The lowest BCUT2D eigenvalue weighted by Gasteiger charge is -2.21. The molecule has 1 aliphatic heterocycles. The molecule has 19 heavy (non-hydrogen) atoms. The Hall–Kier alpha value is -1.45. The van der Waals surface area contributed by atoms with Crippen molar-refractivity contribution in [3.8, 4) is 5.75 Å². The van der Waals surface area contributed by atoms with Gasteiger partial charge in [0.05, 0.1) is 11.3 Å². The van der Waals surface area contributed by atoms with Crippen LogP contribution in [0.1, 0.15) is 12.8 Å². The third-order valence-corrected chi connectivity index (χ3v) is 3.55. The van der Waals surface area contributed by atoms with E-state index in [0.29, 0.717) is 16.3 Å². The van der Waals surface area contributed by atoms with Gasteiger partial charge in [0.25, 0.3) is 0 Å². The Labute approximate surface area is 120 Å². The largest absolute Gasteiger partial charge is 0.463 e. The van der Waals surface area contributed by atoms with Crippen molar-refractivity contribution in [3.05, 3.63) is 46.8 Å². The molecule has 0 spiro atoms. The fraction of sp³-hybridized carbons (Fsp3) is 0.214. The van der Waals surface area contributed by atoms with Crippen LogP contribution in [0, 0.1) is 0 Å². The van der Waals surface area contributed by atoms with Crippen LogP contribution in [-0.4, -0.2) is 11.3 Å². The summed E-state index contributed by atoms with van der Waals surface area (Å²) in [6.45, 7) is 0. The molecule has 0 amide bonds. The van der Waals surface area contributed by atoms with E-state index in [2.05, 4.69) is 4.98 Å². The second kappa shape index (κ2) is 5.27. The smallest absolute Gasteiger partial charge is 0.240 e. The first-order chi connectivity index (χ1) is 9.24. The molecule has 0 fully saturated rings. The summed E-state index contributed by atoms with van der Waals surface area (Å²) in [6.07, 6.45) is 5.10. The van der Waals surface area contributed by atoms with Crippen LogP contribution >= 0.6 is 23.2 Å². The number of benzene rings is 1. The number of para-hydroxylation sites is 1. The molecule has 0 saturated carbocycles. The fourth-order valence-electron chi connectivity index (χ4n) is 1.96. The van der Waals surface area contributed by atoms with Crippen molar-refractivity contribution < 1.29 is 9.47 Å². The molecule has 0 radical (unpaired) electrons. The Bertz CT molecular complexity index is 643. The topological polar surface area (TPSA) is 31.4 Å². The normalized spacial score (nSPS) is 18.3. The zero-order valence-electron chi connectivity index (χ0n) is 9.98. The molecule has 1 aromatic carbocycles. The summed E-state index contributed by atoms with van der Waals surface area (Å²) in [5.74, 6) is 0.649. The van der Waals surface area contributed by atoms with Crippen molar-refractivity contribution in [1.82, 2.24) is 4.98 Å². The third-order valence-electron chi connectivity index (χ3n) is 2.87. The maximum absolute atomic E-state index is 5.96. The van der Waals surface area contributed by atoms with Crippen molar-refractivity contribution >= 4 is 34.1 Å². The van der Waals surface area contributed by atoms with Gasteiger partial charge in [-0.1, -0.05) is 35.3 Å². The van der Waals surface area contributed by atoms with Gasteiger partial charge in [0.2, 0.25) is 6.29 Å². The van der Waals surface area contributed by atoms with Gasteiger partial charge in [0.15, 0.2) is 0 Å². The number of hydrogen-bond donors (Lipinski definition) is 0. The van der Waals surface area contributed by atoms with Crippen molar-refractivity contribution in [1.29, 1.82) is 0 Å². The first-order valence-corrected chi connectivity index (χ1v) is 6.71. The van der Waals surface area contributed by atoms with Crippen LogP contribution in [0.3, 0.4) is 0 Å². The number of pyridine rings is 1. The van der Waals surface area contributed by atoms with E-state index in [-0.39, 0.29) is 11.4 Å². The first-order valence-electron chi connectivity index (χ1n) is 5.96. The summed E-state index contributed by atoms with van der Waals surface area (Å²) in [5, 5.41) is 1.59. The molecule has 1 atom stereocenters. The minimum Gasteiger partial charge on any atom is -0.463 e. The number of nitrogens with zero attached hydrogens (tertiary/aromatic N) is 1. The van der Waals surface area contributed by atoms with Crippen LogP contribution in [0.5, 0.6) is 5.75 Å². The van der Waals surface area contributed by atoms with Crippen LogP contribution in [0.4, 0.5) is 0 Å². The molecule has 0 saturated heterocycles. The molecule has 1 unspecified atom stereocenters. The van der Waals surface area contributed by atoms with Gasteiger partial charge >= 0.3 is 0 Å². The average Bonchev–Trinajstić information content (AvgIpc) is 2.42. The zero-order chi connectivity index (χ0) is 13.2. The summed E-state index contributed by atoms with van der Waals surface area (Å²) in [7, 11) is 0. The SMILES string of the molecule is Clc1cc2cccc(OC3CCC=CO3)c2nc1Cl. The summed E-state index contributed by atoms with van der Waals surface area (Å²) in [4.78, 5) is 4.28. The maximum atomic E-state index is 5.96. The molecule has 5 heteroatoms. The average molecular weight is 296 g/mol. The van der Waals surface area contributed by atoms with Gasteiger partial charge in [-0.05, 0) is 24.6 Å². The van der Waals surface area contributed by atoms with Gasteiger partial charge in [-0.3, -0.25) is 0 Å². The minimum atomic E-state index is -0.285. The van der Waals surface area contributed by atoms with E-state index >= 15 is 0 Å². The first kappa shape index (κ1) is 12.6. The molecule has 3 rings (SSSR count). The van der Waals surface area contributed by atoms with Gasteiger partial charge in [0, 0.05) is 11.8 Å². The third kappa shape index (κ3) is 2.62. The maximum Gasteiger partial charge on any atom is 0.240 e. The summed E-state index contributed by atoms with van der Waals surface area (Å²) in [5.41, 5.74) is 0.690. The van der Waals surface area contributed by atoms with Gasteiger partial charge in [-0.25, -0.2) is 4.98 Å². The van der Waals surface area contributed by atoms with E-state index in [9.17, 15) is 0 Å².